The standard InChI is InChI=1S/C17H15F3N4O2S.C8H15NO/c1-26-15-13-14(27-16(24-13)23-9-25)12(8-22-15)10-3-2-4-11(7-10)21-6-5-17(18,19)20;1-4-9-7-8(1)2-5-10-6-3-8/h2-4,7-9,21H,5-6H2,1H3,(H,23,24,25);9H,1-7H2. The number of hydrogen-bond acceptors (Lipinski definition) is 8. The van der Waals surface area contributed by atoms with Crippen LogP contribution in [0.15, 0.2) is 30.5 Å². The monoisotopic (exact) mass is 537 g/mol. The van der Waals surface area contributed by atoms with Gasteiger partial charge in [-0.25, -0.2) is 9.97 Å². The molecule has 1 spiro atoms. The summed E-state index contributed by atoms with van der Waals surface area (Å²) >= 11 is 1.26. The van der Waals surface area contributed by atoms with Gasteiger partial charge >= 0.3 is 6.18 Å². The number of hydrogen-bond donors (Lipinski definition) is 3. The minimum absolute atomic E-state index is 0.211. The Morgan fingerprint density at radius 3 is 2.76 bits per heavy atom. The number of nitrogens with zero attached hydrogens (tertiary/aromatic N) is 2. The lowest BCUT2D eigenvalue weighted by atomic mass is 9.80. The zero-order chi connectivity index (χ0) is 26.3. The number of fused-ring (bicyclic) bond motifs is 1. The Morgan fingerprint density at radius 2 is 2.08 bits per heavy atom. The van der Waals surface area contributed by atoms with Gasteiger partial charge in [0.2, 0.25) is 12.3 Å². The predicted molar refractivity (Wildman–Crippen MR) is 138 cm³/mol. The van der Waals surface area contributed by atoms with Gasteiger partial charge in [0.05, 0.1) is 18.2 Å². The predicted octanol–water partition coefficient (Wildman–Crippen LogP) is 5.08. The molecule has 200 valence electrons. The summed E-state index contributed by atoms with van der Waals surface area (Å²) in [5, 5.41) is 9.10. The molecule has 1 aromatic carbocycles. The summed E-state index contributed by atoms with van der Waals surface area (Å²) in [5.41, 5.74) is 3.20. The van der Waals surface area contributed by atoms with E-state index in [1.54, 1.807) is 24.4 Å². The summed E-state index contributed by atoms with van der Waals surface area (Å²) in [6, 6.07) is 7.00. The molecule has 2 aromatic heterocycles. The van der Waals surface area contributed by atoms with Crippen LogP contribution in [0.25, 0.3) is 21.3 Å². The Morgan fingerprint density at radius 1 is 1.27 bits per heavy atom. The van der Waals surface area contributed by atoms with Crippen LogP contribution in [-0.2, 0) is 9.53 Å². The first-order valence-corrected chi connectivity index (χ1v) is 12.9. The molecule has 3 N–H and O–H groups in total. The summed E-state index contributed by atoms with van der Waals surface area (Å²) in [6.07, 6.45) is 0.945. The van der Waals surface area contributed by atoms with E-state index in [1.807, 2.05) is 6.07 Å². The number of alkyl halides is 3. The van der Waals surface area contributed by atoms with Crippen molar-refractivity contribution in [1.29, 1.82) is 0 Å². The molecule has 4 heterocycles. The molecule has 0 saturated carbocycles. The number of nitrogens with one attached hydrogen (secondary N) is 3. The second-order valence-corrected chi connectivity index (χ2v) is 10.1. The number of methoxy groups -OCH3 is 1. The maximum absolute atomic E-state index is 12.3. The molecular weight excluding hydrogens is 507 g/mol. The molecular formula is C25H30F3N5O3S. The number of aromatic nitrogens is 2. The van der Waals surface area contributed by atoms with E-state index in [2.05, 4.69) is 25.9 Å². The first-order chi connectivity index (χ1) is 17.8. The largest absolute Gasteiger partial charge is 0.479 e. The quantitative estimate of drug-likeness (QED) is 0.362. The molecule has 12 heteroatoms. The van der Waals surface area contributed by atoms with Crippen molar-refractivity contribution in [3.63, 3.8) is 0 Å². The van der Waals surface area contributed by atoms with Crippen LogP contribution in [-0.4, -0.2) is 62.5 Å². The normalized spacial score (nSPS) is 16.8. The van der Waals surface area contributed by atoms with E-state index >= 15 is 0 Å². The number of ether oxygens (including phenoxy) is 2. The zero-order valence-corrected chi connectivity index (χ0v) is 21.3. The van der Waals surface area contributed by atoms with Crippen LogP contribution in [0, 0.1) is 5.41 Å². The van der Waals surface area contributed by atoms with Gasteiger partial charge in [-0.15, -0.1) is 0 Å². The van der Waals surface area contributed by atoms with E-state index in [9.17, 15) is 18.0 Å². The molecule has 2 saturated heterocycles. The van der Waals surface area contributed by atoms with Crippen LogP contribution in [0.2, 0.25) is 0 Å². The van der Waals surface area contributed by atoms with Crippen molar-refractivity contribution in [1.82, 2.24) is 15.3 Å². The number of rotatable bonds is 7. The Balaban J connectivity index is 0.000000265. The minimum atomic E-state index is -4.21. The third-order valence-electron chi connectivity index (χ3n) is 6.56. The average Bonchev–Trinajstić information content (AvgIpc) is 3.51. The number of amides is 1. The highest BCUT2D eigenvalue weighted by Crippen LogP contribution is 2.39. The number of carbonyl (C=O) groups excluding carboxylic acids is 1. The highest BCUT2D eigenvalue weighted by molar-refractivity contribution is 7.22. The van der Waals surface area contributed by atoms with Crippen molar-refractivity contribution in [3.8, 4) is 17.0 Å². The number of thiazole rings is 1. The number of halogens is 3. The van der Waals surface area contributed by atoms with Crippen molar-refractivity contribution in [3.05, 3.63) is 30.5 Å². The molecule has 0 unspecified atom stereocenters. The molecule has 0 bridgehead atoms. The smallest absolute Gasteiger partial charge is 0.390 e. The van der Waals surface area contributed by atoms with Crippen molar-refractivity contribution in [2.75, 3.05) is 50.6 Å². The molecule has 2 aliphatic rings. The van der Waals surface area contributed by atoms with Gasteiger partial charge in [-0.2, -0.15) is 13.2 Å². The summed E-state index contributed by atoms with van der Waals surface area (Å²) in [4.78, 5) is 19.2. The molecule has 2 aliphatic heterocycles. The first kappa shape index (κ1) is 27.1. The lowest BCUT2D eigenvalue weighted by Gasteiger charge is -2.32. The highest BCUT2D eigenvalue weighted by Gasteiger charge is 2.35. The van der Waals surface area contributed by atoms with Crippen LogP contribution in [0.3, 0.4) is 0 Å². The average molecular weight is 538 g/mol. The fourth-order valence-corrected chi connectivity index (χ4v) is 5.48. The van der Waals surface area contributed by atoms with E-state index in [0.29, 0.717) is 34.0 Å². The van der Waals surface area contributed by atoms with Gasteiger partial charge in [0.1, 0.15) is 5.52 Å². The molecule has 0 aliphatic carbocycles. The lowest BCUT2D eigenvalue weighted by molar-refractivity contribution is -0.131. The van der Waals surface area contributed by atoms with Gasteiger partial charge < -0.3 is 25.4 Å². The van der Waals surface area contributed by atoms with Crippen LogP contribution in [0.1, 0.15) is 25.7 Å². The van der Waals surface area contributed by atoms with Gasteiger partial charge in [0, 0.05) is 43.8 Å². The van der Waals surface area contributed by atoms with Crippen molar-refractivity contribution < 1.29 is 27.4 Å². The molecule has 3 aromatic rings. The Labute approximate surface area is 217 Å². The molecule has 37 heavy (non-hydrogen) atoms. The molecule has 0 atom stereocenters. The molecule has 2 fully saturated rings. The number of benzene rings is 1. The fraction of sp³-hybridized carbons (Fsp3) is 0.480. The third kappa shape index (κ3) is 7.08. The Hall–Kier alpha value is -2.96. The van der Waals surface area contributed by atoms with Crippen molar-refractivity contribution >= 4 is 38.8 Å². The Bertz CT molecular complexity index is 1190. The second kappa shape index (κ2) is 12.1. The van der Waals surface area contributed by atoms with Crippen LogP contribution < -0.4 is 20.7 Å². The first-order valence-electron chi connectivity index (χ1n) is 12.1. The molecule has 0 radical (unpaired) electrons. The maximum atomic E-state index is 12.3. The van der Waals surface area contributed by atoms with Gasteiger partial charge in [0.15, 0.2) is 5.13 Å². The van der Waals surface area contributed by atoms with E-state index in [1.165, 1.54) is 50.8 Å². The van der Waals surface area contributed by atoms with Crippen LogP contribution in [0.5, 0.6) is 5.88 Å². The van der Waals surface area contributed by atoms with E-state index in [4.69, 9.17) is 9.47 Å². The van der Waals surface area contributed by atoms with Crippen molar-refractivity contribution in [2.24, 2.45) is 5.41 Å². The maximum Gasteiger partial charge on any atom is 0.390 e. The summed E-state index contributed by atoms with van der Waals surface area (Å²) < 4.78 is 48.2. The molecule has 5 rings (SSSR count). The van der Waals surface area contributed by atoms with Gasteiger partial charge in [-0.1, -0.05) is 23.5 Å². The van der Waals surface area contributed by atoms with E-state index in [-0.39, 0.29) is 6.54 Å². The van der Waals surface area contributed by atoms with Crippen LogP contribution in [0.4, 0.5) is 24.0 Å². The van der Waals surface area contributed by atoms with Gasteiger partial charge in [-0.05, 0) is 48.9 Å². The summed E-state index contributed by atoms with van der Waals surface area (Å²) in [6.45, 7) is 4.22. The van der Waals surface area contributed by atoms with Gasteiger partial charge in [-0.3, -0.25) is 4.79 Å². The summed E-state index contributed by atoms with van der Waals surface area (Å²) in [7, 11) is 1.47. The SMILES string of the molecule is C1CC2(CCOCC2)CN1.COc1ncc(-c2cccc(NCCC(F)(F)F)c2)c2sc(NC=O)nc12. The summed E-state index contributed by atoms with van der Waals surface area (Å²) in [5.74, 6) is 0.323. The van der Waals surface area contributed by atoms with E-state index < -0.39 is 12.6 Å². The Kier molecular flexibility index (Phi) is 8.83. The van der Waals surface area contributed by atoms with Crippen LogP contribution >= 0.6 is 11.3 Å². The molecule has 1 amide bonds. The molecule has 8 nitrogen and oxygen atoms in total. The lowest BCUT2D eigenvalue weighted by Crippen LogP contribution is -2.31. The fourth-order valence-electron chi connectivity index (χ4n) is 4.53. The third-order valence-corrected chi connectivity index (χ3v) is 7.58. The van der Waals surface area contributed by atoms with E-state index in [0.717, 1.165) is 29.0 Å². The highest BCUT2D eigenvalue weighted by atomic mass is 32.1. The minimum Gasteiger partial charge on any atom is -0.479 e. The van der Waals surface area contributed by atoms with Crippen molar-refractivity contribution in [2.45, 2.75) is 31.9 Å². The topological polar surface area (TPSA) is 97.4 Å². The number of pyridine rings is 1. The number of anilines is 2. The second-order valence-electron chi connectivity index (χ2n) is 9.05. The zero-order valence-electron chi connectivity index (χ0n) is 20.5. The number of carbonyl (C=O) groups is 1. The van der Waals surface area contributed by atoms with Gasteiger partial charge in [0.25, 0.3) is 0 Å².